The van der Waals surface area contributed by atoms with Crippen molar-refractivity contribution in [3.05, 3.63) is 48.5 Å². The summed E-state index contributed by atoms with van der Waals surface area (Å²) in [7, 11) is -4.16. The third kappa shape index (κ3) is 6.64. The van der Waals surface area contributed by atoms with Gasteiger partial charge in [-0.15, -0.1) is 0 Å². The van der Waals surface area contributed by atoms with Gasteiger partial charge in [-0.05, 0) is 12.1 Å². The third-order valence-corrected chi connectivity index (χ3v) is 6.15. The fourth-order valence-electron chi connectivity index (χ4n) is 1.73. The van der Waals surface area contributed by atoms with Gasteiger partial charge in [0.05, 0.1) is 5.69 Å². The number of nitrogens with two attached hydrogens (primary N) is 1. The largest absolute Gasteiger partial charge is 0.398 e. The molecule has 0 spiro atoms. The molecule has 0 fully saturated rings. The number of benzene rings is 2. The van der Waals surface area contributed by atoms with E-state index in [1.54, 1.807) is 12.1 Å². The second-order valence-electron chi connectivity index (χ2n) is 4.85. The molecule has 0 radical (unpaired) electrons. The van der Waals surface area contributed by atoms with Crippen LogP contribution in [0.15, 0.2) is 53.4 Å². The SMILES string of the molecule is CC(=O)Nc1cccc([As](=O)(O)OO)c1.Nc1ccccc1S(=O)(=O)O. The molecular weight excluding hydrogens is 431 g/mol. The van der Waals surface area contributed by atoms with Crippen molar-refractivity contribution in [2.45, 2.75) is 11.8 Å². The smallest absolute Gasteiger partial charge is 0.296 e. The van der Waals surface area contributed by atoms with Gasteiger partial charge in [0.15, 0.2) is 0 Å². The minimum absolute atomic E-state index is 0.0399. The predicted octanol–water partition coefficient (Wildman–Crippen LogP) is 0.219. The summed E-state index contributed by atoms with van der Waals surface area (Å²) in [4.78, 5) is 10.5. The van der Waals surface area contributed by atoms with Crippen LogP contribution in [0.2, 0.25) is 0 Å². The van der Waals surface area contributed by atoms with Crippen molar-refractivity contribution < 1.29 is 34.7 Å². The van der Waals surface area contributed by atoms with Crippen molar-refractivity contribution in [3.8, 4) is 0 Å². The van der Waals surface area contributed by atoms with Gasteiger partial charge in [-0.25, -0.2) is 0 Å². The van der Waals surface area contributed by atoms with E-state index in [0.717, 1.165) is 0 Å². The van der Waals surface area contributed by atoms with Gasteiger partial charge in [-0.2, -0.15) is 8.42 Å². The first-order valence-electron chi connectivity index (χ1n) is 6.83. The molecule has 1 unspecified atom stereocenters. The fourth-order valence-corrected chi connectivity index (χ4v) is 3.75. The predicted molar refractivity (Wildman–Crippen MR) is 93.4 cm³/mol. The number of nitrogen functional groups attached to an aromatic ring is 1. The maximum Gasteiger partial charge on any atom is 0.296 e. The molecule has 2 aromatic carbocycles. The van der Waals surface area contributed by atoms with Crippen molar-refractivity contribution in [3.63, 3.8) is 0 Å². The third-order valence-electron chi connectivity index (χ3n) is 2.80. The van der Waals surface area contributed by atoms with E-state index in [2.05, 4.69) is 9.19 Å². The normalized spacial score (nSPS) is 13.1. The molecule has 6 N–H and O–H groups in total. The van der Waals surface area contributed by atoms with Crippen LogP contribution >= 0.6 is 0 Å². The van der Waals surface area contributed by atoms with Gasteiger partial charge in [0, 0.05) is 0 Å². The molecular formula is C14H17AsN2O8S. The molecule has 1 atom stereocenters. The van der Waals surface area contributed by atoms with E-state index in [1.807, 2.05) is 0 Å². The zero-order valence-electron chi connectivity index (χ0n) is 13.4. The molecule has 0 bridgehead atoms. The summed E-state index contributed by atoms with van der Waals surface area (Å²) >= 11 is -4.83. The summed E-state index contributed by atoms with van der Waals surface area (Å²) in [6, 6.07) is 11.4. The first-order chi connectivity index (χ1) is 12.0. The van der Waals surface area contributed by atoms with Crippen LogP contribution < -0.4 is 15.4 Å². The number of amides is 1. The van der Waals surface area contributed by atoms with E-state index in [1.165, 1.54) is 43.3 Å². The molecule has 0 aliphatic rings. The zero-order chi connectivity index (χ0) is 20.0. The maximum atomic E-state index is 11.3. The van der Waals surface area contributed by atoms with E-state index < -0.39 is 24.3 Å². The van der Waals surface area contributed by atoms with E-state index in [0.29, 0.717) is 5.69 Å². The van der Waals surface area contributed by atoms with Gasteiger partial charge < -0.3 is 5.73 Å². The van der Waals surface area contributed by atoms with Gasteiger partial charge in [0.1, 0.15) is 4.90 Å². The Kier molecular flexibility index (Phi) is 7.57. The number of rotatable bonds is 4. The molecule has 12 heteroatoms. The van der Waals surface area contributed by atoms with Crippen LogP contribution in [-0.2, 0) is 22.5 Å². The summed E-state index contributed by atoms with van der Waals surface area (Å²) in [5, 5.41) is 10.7. The van der Waals surface area contributed by atoms with Crippen LogP contribution in [-0.4, -0.2) is 42.4 Å². The number of anilines is 2. The Morgan fingerprint density at radius 1 is 1.19 bits per heavy atom. The monoisotopic (exact) mass is 448 g/mol. The van der Waals surface area contributed by atoms with E-state index in [4.69, 9.17) is 15.5 Å². The Morgan fingerprint density at radius 2 is 1.81 bits per heavy atom. The minimum Gasteiger partial charge on any atom is -0.398 e. The first-order valence-corrected chi connectivity index (χ1v) is 11.6. The molecule has 0 aliphatic heterocycles. The average molecular weight is 448 g/mol. The van der Waals surface area contributed by atoms with E-state index in [9.17, 15) is 21.0 Å². The van der Waals surface area contributed by atoms with Gasteiger partial charge >= 0.3 is 88.4 Å². The molecule has 2 rings (SSSR count). The Morgan fingerprint density at radius 3 is 2.27 bits per heavy atom. The van der Waals surface area contributed by atoms with Gasteiger partial charge in [0.25, 0.3) is 10.1 Å². The molecule has 142 valence electrons. The van der Waals surface area contributed by atoms with Gasteiger partial charge in [0.2, 0.25) is 0 Å². The summed E-state index contributed by atoms with van der Waals surface area (Å²) < 4.78 is 53.6. The molecule has 1 amide bonds. The molecule has 0 saturated carbocycles. The average Bonchev–Trinajstić information content (AvgIpc) is 2.54. The standard InChI is InChI=1S/C8H10AsNO5.C6H7NO3S/c1-6(11)10-8-4-2-3-7(5-8)9(12,13)15-14;7-5-3-1-2-4-6(5)11(8,9)10/h2-5,14H,1H3,(H,10,11)(H,12,13);1-4H,7H2,(H,8,9,10). The minimum atomic E-state index is -4.83. The Balaban J connectivity index is 0.000000273. The van der Waals surface area contributed by atoms with Crippen molar-refractivity contribution >= 4 is 45.9 Å². The molecule has 0 saturated heterocycles. The van der Waals surface area contributed by atoms with Crippen molar-refractivity contribution in [1.82, 2.24) is 0 Å². The quantitative estimate of drug-likeness (QED) is 0.144. The molecule has 0 aliphatic carbocycles. The van der Waals surface area contributed by atoms with Crippen molar-refractivity contribution in [2.24, 2.45) is 0 Å². The van der Waals surface area contributed by atoms with Crippen LogP contribution in [0, 0.1) is 0 Å². The van der Waals surface area contributed by atoms with Crippen LogP contribution in [0.4, 0.5) is 11.4 Å². The van der Waals surface area contributed by atoms with Crippen LogP contribution in [0.25, 0.3) is 0 Å². The van der Waals surface area contributed by atoms with Crippen molar-refractivity contribution in [2.75, 3.05) is 11.1 Å². The number of nitrogens with one attached hydrogen (secondary N) is 1. The summed E-state index contributed by atoms with van der Waals surface area (Å²) in [6.45, 7) is 1.32. The Hall–Kier alpha value is -2.14. The second kappa shape index (κ2) is 8.99. The molecule has 26 heavy (non-hydrogen) atoms. The van der Waals surface area contributed by atoms with Crippen molar-refractivity contribution in [1.29, 1.82) is 0 Å². The first kappa shape index (κ1) is 21.9. The maximum absolute atomic E-state index is 11.3. The second-order valence-corrected chi connectivity index (χ2v) is 9.85. The van der Waals surface area contributed by atoms with Crippen LogP contribution in [0.1, 0.15) is 6.92 Å². The van der Waals surface area contributed by atoms with E-state index >= 15 is 0 Å². The fraction of sp³-hybridized carbons (Fsp3) is 0.0714. The summed E-state index contributed by atoms with van der Waals surface area (Å²) in [5.74, 6) is -0.294. The topological polar surface area (TPSA) is 176 Å². The van der Waals surface area contributed by atoms with Crippen LogP contribution in [0.3, 0.4) is 0 Å². The molecule has 2 aromatic rings. The summed E-state index contributed by atoms with van der Waals surface area (Å²) in [6.07, 6.45) is 0. The number of hydrogen-bond acceptors (Lipinski definition) is 7. The number of carbonyl (C=O) groups is 1. The summed E-state index contributed by atoms with van der Waals surface area (Å²) in [5.41, 5.74) is 5.69. The van der Waals surface area contributed by atoms with E-state index in [-0.39, 0.29) is 20.8 Å². The van der Waals surface area contributed by atoms with Crippen LogP contribution in [0.5, 0.6) is 0 Å². The number of carbonyl (C=O) groups excluding carboxylic acids is 1. The van der Waals surface area contributed by atoms with Gasteiger partial charge in [-0.1, -0.05) is 12.1 Å². The zero-order valence-corrected chi connectivity index (χ0v) is 16.1. The Bertz CT molecular complexity index is 932. The molecule has 10 nitrogen and oxygen atoms in total. The Labute approximate surface area is 152 Å². The number of para-hydroxylation sites is 1. The number of hydrogen-bond donors (Lipinski definition) is 5. The molecule has 0 aromatic heterocycles. The molecule has 0 heterocycles. The van der Waals surface area contributed by atoms with Gasteiger partial charge in [-0.3, -0.25) is 4.55 Å².